The average Bonchev–Trinajstić information content (AvgIpc) is 2.53. The van der Waals surface area contributed by atoms with Crippen molar-refractivity contribution in [3.63, 3.8) is 0 Å². The monoisotopic (exact) mass is 278 g/mol. The third-order valence-electron chi connectivity index (χ3n) is 3.41. The van der Waals surface area contributed by atoms with Gasteiger partial charge in [0.2, 0.25) is 0 Å². The summed E-state index contributed by atoms with van der Waals surface area (Å²) < 4.78 is 5.93. The molecule has 3 heteroatoms. The molecule has 3 rings (SSSR count). The number of nitrogens with one attached hydrogen (secondary N) is 1. The zero-order chi connectivity index (χ0) is 14.5. The van der Waals surface area contributed by atoms with Crippen molar-refractivity contribution >= 4 is 10.9 Å². The van der Waals surface area contributed by atoms with Gasteiger partial charge in [-0.3, -0.25) is 4.98 Å². The Morgan fingerprint density at radius 3 is 2.86 bits per heavy atom. The molecule has 106 valence electrons. The summed E-state index contributed by atoms with van der Waals surface area (Å²) in [4.78, 5) is 4.37. The van der Waals surface area contributed by atoms with Crippen molar-refractivity contribution in [1.29, 1.82) is 0 Å². The molecule has 3 aromatic rings. The van der Waals surface area contributed by atoms with Gasteiger partial charge < -0.3 is 10.1 Å². The summed E-state index contributed by atoms with van der Waals surface area (Å²) in [6, 6.07) is 18.3. The molecule has 0 bridgehead atoms. The maximum absolute atomic E-state index is 5.93. The Kier molecular flexibility index (Phi) is 4.12. The van der Waals surface area contributed by atoms with E-state index in [2.05, 4.69) is 28.5 Å². The van der Waals surface area contributed by atoms with Crippen LogP contribution in [0.1, 0.15) is 11.1 Å². The highest BCUT2D eigenvalue weighted by Crippen LogP contribution is 2.19. The van der Waals surface area contributed by atoms with Crippen molar-refractivity contribution in [2.45, 2.75) is 13.2 Å². The number of hydrogen-bond donors (Lipinski definition) is 1. The van der Waals surface area contributed by atoms with Crippen LogP contribution in [0.25, 0.3) is 10.9 Å². The second-order valence-corrected chi connectivity index (χ2v) is 4.95. The van der Waals surface area contributed by atoms with E-state index in [1.165, 1.54) is 5.56 Å². The molecule has 2 aromatic carbocycles. The van der Waals surface area contributed by atoms with Crippen LogP contribution in [-0.4, -0.2) is 12.0 Å². The highest BCUT2D eigenvalue weighted by atomic mass is 16.5. The molecule has 3 nitrogen and oxygen atoms in total. The van der Waals surface area contributed by atoms with Crippen LogP contribution >= 0.6 is 0 Å². The van der Waals surface area contributed by atoms with Crippen LogP contribution < -0.4 is 10.1 Å². The van der Waals surface area contributed by atoms with Crippen LogP contribution in [0, 0.1) is 0 Å². The van der Waals surface area contributed by atoms with E-state index < -0.39 is 0 Å². The van der Waals surface area contributed by atoms with Crippen molar-refractivity contribution in [3.05, 3.63) is 71.9 Å². The fourth-order valence-electron chi connectivity index (χ4n) is 2.39. The van der Waals surface area contributed by atoms with Crippen LogP contribution in [0.15, 0.2) is 60.8 Å². The zero-order valence-corrected chi connectivity index (χ0v) is 12.0. The Labute approximate surface area is 124 Å². The summed E-state index contributed by atoms with van der Waals surface area (Å²) >= 11 is 0. The summed E-state index contributed by atoms with van der Waals surface area (Å²) in [5.41, 5.74) is 3.37. The molecule has 1 aromatic heterocycles. The Balaban J connectivity index is 1.79. The molecule has 0 atom stereocenters. The molecule has 0 aliphatic heterocycles. The van der Waals surface area contributed by atoms with Crippen LogP contribution in [0.3, 0.4) is 0 Å². The predicted molar refractivity (Wildman–Crippen MR) is 85.3 cm³/mol. The Hall–Kier alpha value is -2.39. The highest BCUT2D eigenvalue weighted by molar-refractivity contribution is 5.81. The van der Waals surface area contributed by atoms with Crippen LogP contribution in [0.5, 0.6) is 5.75 Å². The summed E-state index contributed by atoms with van der Waals surface area (Å²) in [6.45, 7) is 1.39. The number of fused-ring (bicyclic) bond motifs is 1. The highest BCUT2D eigenvalue weighted by Gasteiger charge is 2.03. The number of benzene rings is 2. The molecule has 0 saturated heterocycles. The van der Waals surface area contributed by atoms with Gasteiger partial charge in [0.1, 0.15) is 12.4 Å². The van der Waals surface area contributed by atoms with Crippen LogP contribution in [-0.2, 0) is 13.2 Å². The lowest BCUT2D eigenvalue weighted by molar-refractivity contribution is 0.307. The van der Waals surface area contributed by atoms with Crippen LogP contribution in [0.4, 0.5) is 0 Å². The standard InChI is InChI=1S/C18H18N2O/c1-19-12-14-5-4-6-16(11-14)21-13-15-9-10-20-18-8-3-2-7-17(15)18/h2-11,19H,12-13H2,1H3. The average molecular weight is 278 g/mol. The van der Waals surface area contributed by atoms with Crippen molar-refractivity contribution in [2.24, 2.45) is 0 Å². The third-order valence-corrected chi connectivity index (χ3v) is 3.41. The number of pyridine rings is 1. The fourth-order valence-corrected chi connectivity index (χ4v) is 2.39. The quantitative estimate of drug-likeness (QED) is 0.775. The number of rotatable bonds is 5. The summed E-state index contributed by atoms with van der Waals surface area (Å²) in [5, 5.41) is 4.29. The smallest absolute Gasteiger partial charge is 0.120 e. The largest absolute Gasteiger partial charge is 0.489 e. The number of para-hydroxylation sites is 1. The summed E-state index contributed by atoms with van der Waals surface area (Å²) in [6.07, 6.45) is 1.83. The van der Waals surface area contributed by atoms with Gasteiger partial charge in [-0.05, 0) is 36.9 Å². The molecule has 0 spiro atoms. The van der Waals surface area contributed by atoms with E-state index in [1.807, 2.05) is 49.6 Å². The maximum Gasteiger partial charge on any atom is 0.120 e. The van der Waals surface area contributed by atoms with E-state index in [0.29, 0.717) is 6.61 Å². The van der Waals surface area contributed by atoms with E-state index in [-0.39, 0.29) is 0 Å². The van der Waals surface area contributed by atoms with Gasteiger partial charge in [0.15, 0.2) is 0 Å². The number of nitrogens with zero attached hydrogens (tertiary/aromatic N) is 1. The van der Waals surface area contributed by atoms with Gasteiger partial charge in [-0.15, -0.1) is 0 Å². The third kappa shape index (κ3) is 3.20. The molecule has 1 heterocycles. The van der Waals surface area contributed by atoms with Gasteiger partial charge in [0.25, 0.3) is 0 Å². The second kappa shape index (κ2) is 6.37. The molecule has 0 amide bonds. The van der Waals surface area contributed by atoms with Gasteiger partial charge >= 0.3 is 0 Å². The molecule has 0 radical (unpaired) electrons. The minimum absolute atomic E-state index is 0.548. The van der Waals surface area contributed by atoms with E-state index in [9.17, 15) is 0 Å². The van der Waals surface area contributed by atoms with Gasteiger partial charge in [0.05, 0.1) is 5.52 Å². The van der Waals surface area contributed by atoms with Crippen LogP contribution in [0.2, 0.25) is 0 Å². The lowest BCUT2D eigenvalue weighted by Crippen LogP contribution is -2.05. The van der Waals surface area contributed by atoms with Crippen molar-refractivity contribution < 1.29 is 4.74 Å². The van der Waals surface area contributed by atoms with Crippen molar-refractivity contribution in [2.75, 3.05) is 7.05 Å². The molecule has 0 saturated carbocycles. The number of hydrogen-bond acceptors (Lipinski definition) is 3. The fraction of sp³-hybridized carbons (Fsp3) is 0.167. The molecule has 0 unspecified atom stereocenters. The Morgan fingerprint density at radius 1 is 1.05 bits per heavy atom. The zero-order valence-electron chi connectivity index (χ0n) is 12.0. The maximum atomic E-state index is 5.93. The van der Waals surface area contributed by atoms with E-state index in [1.54, 1.807) is 0 Å². The van der Waals surface area contributed by atoms with Gasteiger partial charge in [-0.25, -0.2) is 0 Å². The molecule has 0 aliphatic rings. The topological polar surface area (TPSA) is 34.1 Å². The van der Waals surface area contributed by atoms with Crippen molar-refractivity contribution in [3.8, 4) is 5.75 Å². The minimum Gasteiger partial charge on any atom is -0.489 e. The molecular formula is C18H18N2O. The van der Waals surface area contributed by atoms with E-state index in [4.69, 9.17) is 4.74 Å². The van der Waals surface area contributed by atoms with Gasteiger partial charge in [-0.2, -0.15) is 0 Å². The first kappa shape index (κ1) is 13.6. The second-order valence-electron chi connectivity index (χ2n) is 4.95. The molecule has 0 fully saturated rings. The summed E-state index contributed by atoms with van der Waals surface area (Å²) in [7, 11) is 1.94. The number of aromatic nitrogens is 1. The minimum atomic E-state index is 0.548. The lowest BCUT2D eigenvalue weighted by Gasteiger charge is -2.10. The first-order chi connectivity index (χ1) is 10.4. The number of ether oxygens (including phenoxy) is 1. The Bertz CT molecular complexity index is 735. The van der Waals surface area contributed by atoms with E-state index >= 15 is 0 Å². The first-order valence-electron chi connectivity index (χ1n) is 7.06. The van der Waals surface area contributed by atoms with Gasteiger partial charge in [0, 0.05) is 23.7 Å². The van der Waals surface area contributed by atoms with Crippen molar-refractivity contribution in [1.82, 2.24) is 10.3 Å². The Morgan fingerprint density at radius 2 is 1.95 bits per heavy atom. The normalized spacial score (nSPS) is 10.7. The lowest BCUT2D eigenvalue weighted by atomic mass is 10.1. The predicted octanol–water partition coefficient (Wildman–Crippen LogP) is 3.53. The van der Waals surface area contributed by atoms with Gasteiger partial charge in [-0.1, -0.05) is 30.3 Å². The SMILES string of the molecule is CNCc1cccc(OCc2ccnc3ccccc23)c1. The molecular weight excluding hydrogens is 260 g/mol. The summed E-state index contributed by atoms with van der Waals surface area (Å²) in [5.74, 6) is 0.892. The van der Waals surface area contributed by atoms with E-state index in [0.717, 1.165) is 28.8 Å². The first-order valence-corrected chi connectivity index (χ1v) is 7.06. The molecule has 21 heavy (non-hydrogen) atoms. The molecule has 1 N–H and O–H groups in total. The molecule has 0 aliphatic carbocycles.